The second kappa shape index (κ2) is 9.66. The lowest BCUT2D eigenvalue weighted by Crippen LogP contribution is -2.27. The molecule has 1 heterocycles. The van der Waals surface area contributed by atoms with E-state index in [9.17, 15) is 19.7 Å². The number of carbonyl (C=O) groups is 2. The van der Waals surface area contributed by atoms with Crippen molar-refractivity contribution in [2.75, 3.05) is 4.90 Å². The number of imide groups is 1. The van der Waals surface area contributed by atoms with Gasteiger partial charge in [0, 0.05) is 12.1 Å². The van der Waals surface area contributed by atoms with Crippen LogP contribution in [-0.2, 0) is 11.4 Å². The molecule has 0 bridgehead atoms. The molecule has 0 unspecified atom stereocenters. The molecule has 0 radical (unpaired) electrons. The quantitative estimate of drug-likeness (QED) is 0.212. The number of hydrogen-bond acceptors (Lipinski definition) is 6. The lowest BCUT2D eigenvalue weighted by Gasteiger charge is -2.12. The molecule has 1 aliphatic heterocycles. The van der Waals surface area contributed by atoms with Gasteiger partial charge in [0.05, 0.1) is 25.6 Å². The average Bonchev–Trinajstić information content (AvgIpc) is 3.06. The Morgan fingerprint density at radius 3 is 2.36 bits per heavy atom. The minimum Gasteiger partial charge on any atom is -0.486 e. The van der Waals surface area contributed by atoms with Gasteiger partial charge in [-0.25, -0.2) is 4.90 Å². The first kappa shape index (κ1) is 22.8. The van der Waals surface area contributed by atoms with Crippen molar-refractivity contribution in [2.24, 2.45) is 0 Å². The van der Waals surface area contributed by atoms with Crippen LogP contribution >= 0.6 is 35.0 Å². The molecule has 0 aliphatic carbocycles. The number of rotatable bonds is 6. The standard InChI is InChI=1S/C23H14Cl2N2O5S/c24-18-10-15(12-20-22(28)26(23(29)33-20)16-6-2-1-3-7-16)11-19(25)21(18)32-13-14-5-4-8-17(9-14)27(30)31/h1-12H,13H2/b20-12-. The summed E-state index contributed by atoms with van der Waals surface area (Å²) in [5.74, 6) is -0.228. The third kappa shape index (κ3) is 5.03. The Hall–Kier alpha value is -3.33. The zero-order chi connectivity index (χ0) is 23.5. The molecule has 1 saturated heterocycles. The van der Waals surface area contributed by atoms with Crippen molar-refractivity contribution in [1.29, 1.82) is 0 Å². The number of nitro benzene ring substituents is 1. The predicted octanol–water partition coefficient (Wildman–Crippen LogP) is 6.72. The molecule has 2 amide bonds. The number of thioether (sulfide) groups is 1. The van der Waals surface area contributed by atoms with Crippen LogP contribution in [0.1, 0.15) is 11.1 Å². The highest BCUT2D eigenvalue weighted by Gasteiger charge is 2.36. The minimum atomic E-state index is -0.488. The van der Waals surface area contributed by atoms with Gasteiger partial charge in [-0.1, -0.05) is 53.5 Å². The fourth-order valence-corrected chi connectivity index (χ4v) is 4.59. The number of carbonyl (C=O) groups excluding carboxylic acids is 2. The molecule has 0 atom stereocenters. The second-order valence-electron chi connectivity index (χ2n) is 6.88. The van der Waals surface area contributed by atoms with Gasteiger partial charge in [-0.15, -0.1) is 0 Å². The van der Waals surface area contributed by atoms with Crippen LogP contribution in [0, 0.1) is 10.1 Å². The molecule has 10 heteroatoms. The summed E-state index contributed by atoms with van der Waals surface area (Å²) in [5, 5.41) is 10.9. The molecule has 33 heavy (non-hydrogen) atoms. The van der Waals surface area contributed by atoms with E-state index in [4.69, 9.17) is 27.9 Å². The maximum absolute atomic E-state index is 12.8. The average molecular weight is 501 g/mol. The van der Waals surface area contributed by atoms with E-state index < -0.39 is 16.1 Å². The van der Waals surface area contributed by atoms with E-state index in [1.807, 2.05) is 0 Å². The van der Waals surface area contributed by atoms with Crippen molar-refractivity contribution in [3.63, 3.8) is 0 Å². The van der Waals surface area contributed by atoms with Gasteiger partial charge >= 0.3 is 0 Å². The van der Waals surface area contributed by atoms with Crippen molar-refractivity contribution in [3.05, 3.63) is 103 Å². The minimum absolute atomic E-state index is 0.0242. The van der Waals surface area contributed by atoms with Crippen molar-refractivity contribution >= 4 is 63.6 Å². The van der Waals surface area contributed by atoms with E-state index in [0.29, 0.717) is 16.8 Å². The largest absolute Gasteiger partial charge is 0.486 e. The van der Waals surface area contributed by atoms with Crippen molar-refractivity contribution in [3.8, 4) is 5.75 Å². The van der Waals surface area contributed by atoms with Crippen LogP contribution in [0.2, 0.25) is 10.0 Å². The Morgan fingerprint density at radius 2 is 1.70 bits per heavy atom. The Kier molecular flexibility index (Phi) is 6.69. The van der Waals surface area contributed by atoms with E-state index in [1.54, 1.807) is 54.6 Å². The molecule has 0 spiro atoms. The van der Waals surface area contributed by atoms with Crippen LogP contribution in [0.15, 0.2) is 71.6 Å². The maximum Gasteiger partial charge on any atom is 0.298 e. The van der Waals surface area contributed by atoms with Gasteiger partial charge < -0.3 is 4.74 Å². The Morgan fingerprint density at radius 1 is 1.00 bits per heavy atom. The number of halogens is 2. The van der Waals surface area contributed by atoms with Gasteiger partial charge in [-0.05, 0) is 53.2 Å². The van der Waals surface area contributed by atoms with Crippen LogP contribution < -0.4 is 9.64 Å². The molecule has 1 aliphatic rings. The highest BCUT2D eigenvalue weighted by atomic mass is 35.5. The van der Waals surface area contributed by atoms with Crippen LogP contribution in [0.25, 0.3) is 6.08 Å². The summed E-state index contributed by atoms with van der Waals surface area (Å²) >= 11 is 13.5. The number of anilines is 1. The van der Waals surface area contributed by atoms with Crippen molar-refractivity contribution in [1.82, 2.24) is 0 Å². The summed E-state index contributed by atoms with van der Waals surface area (Å²) in [7, 11) is 0. The summed E-state index contributed by atoms with van der Waals surface area (Å²) in [6, 6.07) is 17.8. The van der Waals surface area contributed by atoms with E-state index in [-0.39, 0.29) is 33.0 Å². The lowest BCUT2D eigenvalue weighted by atomic mass is 10.2. The third-order valence-corrected chi connectivity index (χ3v) is 6.06. The summed E-state index contributed by atoms with van der Waals surface area (Å²) in [6.07, 6.45) is 1.54. The van der Waals surface area contributed by atoms with Gasteiger partial charge in [0.1, 0.15) is 6.61 Å². The van der Waals surface area contributed by atoms with Gasteiger partial charge in [0.2, 0.25) is 0 Å². The zero-order valence-electron chi connectivity index (χ0n) is 16.7. The Balaban J connectivity index is 1.53. The van der Waals surface area contributed by atoms with Gasteiger partial charge in [-0.2, -0.15) is 0 Å². The molecule has 3 aromatic carbocycles. The number of hydrogen-bond donors (Lipinski definition) is 0. The predicted molar refractivity (Wildman–Crippen MR) is 129 cm³/mol. The summed E-state index contributed by atoms with van der Waals surface area (Å²) in [6.45, 7) is 0.0242. The number of nitrogens with zero attached hydrogens (tertiary/aromatic N) is 2. The number of nitro groups is 1. The highest BCUT2D eigenvalue weighted by Crippen LogP contribution is 2.39. The normalized spacial score (nSPS) is 14.7. The SMILES string of the molecule is O=C1S/C(=C\c2cc(Cl)c(OCc3cccc([N+](=O)[O-])c3)c(Cl)c2)C(=O)N1c1ccccc1. The first-order valence-corrected chi connectivity index (χ1v) is 11.1. The topological polar surface area (TPSA) is 89.7 Å². The molecule has 166 valence electrons. The van der Waals surface area contributed by atoms with Crippen LogP contribution in [0.3, 0.4) is 0 Å². The molecular formula is C23H14Cl2N2O5S. The fraction of sp³-hybridized carbons (Fsp3) is 0.0435. The van der Waals surface area contributed by atoms with Crippen molar-refractivity contribution < 1.29 is 19.2 Å². The summed E-state index contributed by atoms with van der Waals surface area (Å²) in [4.78, 5) is 36.9. The van der Waals surface area contributed by atoms with E-state index in [0.717, 1.165) is 16.7 Å². The second-order valence-corrected chi connectivity index (χ2v) is 8.69. The van der Waals surface area contributed by atoms with Crippen LogP contribution in [-0.4, -0.2) is 16.1 Å². The highest BCUT2D eigenvalue weighted by molar-refractivity contribution is 8.19. The number of para-hydroxylation sites is 1. The van der Waals surface area contributed by atoms with Crippen molar-refractivity contribution in [2.45, 2.75) is 6.61 Å². The summed E-state index contributed by atoms with van der Waals surface area (Å²) < 4.78 is 5.68. The number of amides is 2. The molecule has 3 aromatic rings. The first-order chi connectivity index (χ1) is 15.8. The number of non-ortho nitro benzene ring substituents is 1. The Labute approximate surface area is 202 Å². The molecule has 0 N–H and O–H groups in total. The molecule has 4 rings (SSSR count). The third-order valence-electron chi connectivity index (χ3n) is 4.63. The molecule has 0 aromatic heterocycles. The van der Waals surface area contributed by atoms with Gasteiger partial charge in [-0.3, -0.25) is 19.7 Å². The van der Waals surface area contributed by atoms with Gasteiger partial charge in [0.25, 0.3) is 16.8 Å². The molecule has 0 saturated carbocycles. The van der Waals surface area contributed by atoms with E-state index in [1.165, 1.54) is 18.2 Å². The zero-order valence-corrected chi connectivity index (χ0v) is 19.1. The maximum atomic E-state index is 12.8. The fourth-order valence-electron chi connectivity index (χ4n) is 3.13. The first-order valence-electron chi connectivity index (χ1n) is 9.51. The van der Waals surface area contributed by atoms with Crippen LogP contribution in [0.5, 0.6) is 5.75 Å². The number of benzene rings is 3. The van der Waals surface area contributed by atoms with Crippen LogP contribution in [0.4, 0.5) is 16.2 Å². The molecular weight excluding hydrogens is 487 g/mol. The molecule has 1 fully saturated rings. The van der Waals surface area contributed by atoms with E-state index >= 15 is 0 Å². The number of ether oxygens (including phenoxy) is 1. The lowest BCUT2D eigenvalue weighted by molar-refractivity contribution is -0.384. The monoisotopic (exact) mass is 500 g/mol. The van der Waals surface area contributed by atoms with E-state index in [2.05, 4.69) is 0 Å². The smallest absolute Gasteiger partial charge is 0.298 e. The molecule has 7 nitrogen and oxygen atoms in total. The van der Waals surface area contributed by atoms with Gasteiger partial charge in [0.15, 0.2) is 5.75 Å². The Bertz CT molecular complexity index is 1270. The summed E-state index contributed by atoms with van der Waals surface area (Å²) in [5.41, 5.74) is 1.54.